The Morgan fingerprint density at radius 2 is 1.60 bits per heavy atom. The summed E-state index contributed by atoms with van der Waals surface area (Å²) in [6.45, 7) is 10.3. The molecule has 1 heterocycles. The summed E-state index contributed by atoms with van der Waals surface area (Å²) >= 11 is 0. The van der Waals surface area contributed by atoms with Gasteiger partial charge in [0.25, 0.3) is 0 Å². The number of aliphatic carboxylic acids is 1. The van der Waals surface area contributed by atoms with Gasteiger partial charge in [0.2, 0.25) is 5.91 Å². The maximum atomic E-state index is 12.6. The van der Waals surface area contributed by atoms with Crippen LogP contribution in [0, 0.1) is 22.7 Å². The number of carboxylic acid groups (broad SMARTS) is 1. The van der Waals surface area contributed by atoms with Gasteiger partial charge in [-0.2, -0.15) is 0 Å². The Labute approximate surface area is 121 Å². The van der Waals surface area contributed by atoms with Gasteiger partial charge in [0.05, 0.1) is 0 Å². The van der Waals surface area contributed by atoms with Crippen LogP contribution in [0.3, 0.4) is 0 Å². The molecule has 20 heavy (non-hydrogen) atoms. The number of rotatable bonds is 4. The van der Waals surface area contributed by atoms with Crippen LogP contribution < -0.4 is 0 Å². The fourth-order valence-corrected chi connectivity index (χ4v) is 3.77. The van der Waals surface area contributed by atoms with Gasteiger partial charge < -0.3 is 10.0 Å². The van der Waals surface area contributed by atoms with Crippen LogP contribution in [-0.4, -0.2) is 35.0 Å². The Kier molecular flexibility index (Phi) is 3.87. The molecule has 0 spiro atoms. The van der Waals surface area contributed by atoms with E-state index in [9.17, 15) is 9.59 Å². The number of hydrogen-bond donors (Lipinski definition) is 1. The summed E-state index contributed by atoms with van der Waals surface area (Å²) in [5.41, 5.74) is 0.203. The topological polar surface area (TPSA) is 57.6 Å². The predicted molar refractivity (Wildman–Crippen MR) is 77.2 cm³/mol. The summed E-state index contributed by atoms with van der Waals surface area (Å²) in [6.07, 6.45) is 2.90. The van der Waals surface area contributed by atoms with E-state index in [1.807, 2.05) is 4.90 Å². The summed E-state index contributed by atoms with van der Waals surface area (Å²) in [7, 11) is 0. The van der Waals surface area contributed by atoms with Gasteiger partial charge in [-0.25, -0.2) is 0 Å². The molecule has 0 unspecified atom stereocenters. The lowest BCUT2D eigenvalue weighted by molar-refractivity contribution is -0.138. The van der Waals surface area contributed by atoms with Gasteiger partial charge >= 0.3 is 5.97 Å². The van der Waals surface area contributed by atoms with Crippen LogP contribution in [0.25, 0.3) is 0 Å². The van der Waals surface area contributed by atoms with Crippen molar-refractivity contribution < 1.29 is 14.7 Å². The molecule has 1 saturated heterocycles. The number of carbonyl (C=O) groups is 2. The minimum atomic E-state index is -0.718. The SMILES string of the molecule is CC1(C)C(C(=O)N2CCC(CCC(=O)O)CC2)C1(C)C. The highest BCUT2D eigenvalue weighted by Gasteiger charge is 2.68. The number of nitrogens with zero attached hydrogens (tertiary/aromatic N) is 1. The second kappa shape index (κ2) is 5.05. The smallest absolute Gasteiger partial charge is 0.303 e. The van der Waals surface area contributed by atoms with Crippen LogP contribution in [-0.2, 0) is 9.59 Å². The molecule has 0 aromatic rings. The Balaban J connectivity index is 1.83. The predicted octanol–water partition coefficient (Wildman–Crippen LogP) is 2.77. The first-order valence-corrected chi connectivity index (χ1v) is 7.68. The van der Waals surface area contributed by atoms with Crippen LogP contribution in [0.4, 0.5) is 0 Å². The third-order valence-electron chi connectivity index (χ3n) is 5.96. The van der Waals surface area contributed by atoms with Crippen molar-refractivity contribution >= 4 is 11.9 Å². The number of piperidine rings is 1. The summed E-state index contributed by atoms with van der Waals surface area (Å²) in [5, 5.41) is 8.72. The fourth-order valence-electron chi connectivity index (χ4n) is 3.77. The van der Waals surface area contributed by atoms with E-state index in [4.69, 9.17) is 5.11 Å². The molecule has 2 rings (SSSR count). The number of hydrogen-bond acceptors (Lipinski definition) is 2. The molecule has 1 N–H and O–H groups in total. The van der Waals surface area contributed by atoms with Crippen LogP contribution in [0.5, 0.6) is 0 Å². The third-order valence-corrected chi connectivity index (χ3v) is 5.96. The van der Waals surface area contributed by atoms with Gasteiger partial charge in [-0.15, -0.1) is 0 Å². The van der Waals surface area contributed by atoms with E-state index in [0.717, 1.165) is 32.4 Å². The first kappa shape index (κ1) is 15.3. The molecule has 0 atom stereocenters. The van der Waals surface area contributed by atoms with E-state index in [2.05, 4.69) is 27.7 Å². The molecule has 0 aromatic heterocycles. The summed E-state index contributed by atoms with van der Waals surface area (Å²) in [5.74, 6) is 0.197. The molecule has 0 bridgehead atoms. The Bertz CT molecular complexity index is 392. The van der Waals surface area contributed by atoms with Gasteiger partial charge in [0.15, 0.2) is 0 Å². The van der Waals surface area contributed by atoms with Gasteiger partial charge in [-0.05, 0) is 36.0 Å². The lowest BCUT2D eigenvalue weighted by atomic mass is 9.92. The highest BCUT2D eigenvalue weighted by molar-refractivity contribution is 5.84. The molecule has 114 valence electrons. The van der Waals surface area contributed by atoms with Gasteiger partial charge in [-0.1, -0.05) is 27.7 Å². The average molecular weight is 281 g/mol. The van der Waals surface area contributed by atoms with Gasteiger partial charge in [0, 0.05) is 25.4 Å². The Morgan fingerprint density at radius 1 is 1.10 bits per heavy atom. The highest BCUT2D eigenvalue weighted by atomic mass is 16.4. The molecule has 1 aliphatic carbocycles. The number of likely N-dealkylation sites (tertiary alicyclic amines) is 1. The van der Waals surface area contributed by atoms with Gasteiger partial charge in [0.1, 0.15) is 0 Å². The van der Waals surface area contributed by atoms with Gasteiger partial charge in [-0.3, -0.25) is 9.59 Å². The zero-order valence-corrected chi connectivity index (χ0v) is 13.1. The Hall–Kier alpha value is -1.06. The molecule has 1 amide bonds. The molecule has 2 fully saturated rings. The average Bonchev–Trinajstić information content (AvgIpc) is 2.77. The van der Waals surface area contributed by atoms with Crippen LogP contribution in [0.1, 0.15) is 53.4 Å². The molecule has 2 aliphatic rings. The van der Waals surface area contributed by atoms with Crippen molar-refractivity contribution in [2.75, 3.05) is 13.1 Å². The minimum absolute atomic E-state index is 0.101. The highest BCUT2D eigenvalue weighted by Crippen LogP contribution is 2.68. The van der Waals surface area contributed by atoms with Crippen molar-refractivity contribution in [1.29, 1.82) is 0 Å². The summed E-state index contributed by atoms with van der Waals surface area (Å²) in [6, 6.07) is 0. The Morgan fingerprint density at radius 3 is 2.00 bits per heavy atom. The van der Waals surface area contributed by atoms with Crippen molar-refractivity contribution in [2.45, 2.75) is 53.4 Å². The van der Waals surface area contributed by atoms with E-state index in [1.165, 1.54) is 0 Å². The van der Waals surface area contributed by atoms with Crippen LogP contribution in [0.15, 0.2) is 0 Å². The number of carbonyl (C=O) groups excluding carboxylic acids is 1. The van der Waals surface area contributed by atoms with Crippen molar-refractivity contribution in [3.8, 4) is 0 Å². The third kappa shape index (κ3) is 2.57. The van der Waals surface area contributed by atoms with Crippen LogP contribution >= 0.6 is 0 Å². The van der Waals surface area contributed by atoms with Crippen molar-refractivity contribution in [1.82, 2.24) is 4.90 Å². The molecule has 0 aromatic carbocycles. The van der Waals surface area contributed by atoms with Crippen molar-refractivity contribution in [2.24, 2.45) is 22.7 Å². The lowest BCUT2D eigenvalue weighted by Crippen LogP contribution is -2.40. The molecule has 1 aliphatic heterocycles. The van der Waals surface area contributed by atoms with E-state index < -0.39 is 5.97 Å². The largest absolute Gasteiger partial charge is 0.481 e. The lowest BCUT2D eigenvalue weighted by Gasteiger charge is -2.32. The maximum Gasteiger partial charge on any atom is 0.303 e. The first-order chi connectivity index (χ1) is 9.18. The molecule has 4 heteroatoms. The number of carboxylic acids is 1. The standard InChI is InChI=1S/C16H27NO3/c1-15(2)13(16(15,3)4)14(20)17-9-7-11(8-10-17)5-6-12(18)19/h11,13H,5-10H2,1-4H3,(H,18,19). The monoisotopic (exact) mass is 281 g/mol. The molecule has 1 saturated carbocycles. The maximum absolute atomic E-state index is 12.6. The second-order valence-electron chi connectivity index (χ2n) is 7.58. The molecular formula is C16H27NO3. The van der Waals surface area contributed by atoms with Crippen LogP contribution in [0.2, 0.25) is 0 Å². The summed E-state index contributed by atoms with van der Waals surface area (Å²) < 4.78 is 0. The zero-order chi connectivity index (χ0) is 15.1. The van der Waals surface area contributed by atoms with Crippen molar-refractivity contribution in [3.63, 3.8) is 0 Å². The van der Waals surface area contributed by atoms with E-state index in [-0.39, 0.29) is 23.2 Å². The first-order valence-electron chi connectivity index (χ1n) is 7.68. The van der Waals surface area contributed by atoms with E-state index in [1.54, 1.807) is 0 Å². The van der Waals surface area contributed by atoms with E-state index >= 15 is 0 Å². The zero-order valence-electron chi connectivity index (χ0n) is 13.1. The molecular weight excluding hydrogens is 254 g/mol. The molecule has 0 radical (unpaired) electrons. The normalized spacial score (nSPS) is 25.5. The van der Waals surface area contributed by atoms with Crippen molar-refractivity contribution in [3.05, 3.63) is 0 Å². The second-order valence-corrected chi connectivity index (χ2v) is 7.58. The minimum Gasteiger partial charge on any atom is -0.481 e. The molecule has 4 nitrogen and oxygen atoms in total. The fraction of sp³-hybridized carbons (Fsp3) is 0.875. The quantitative estimate of drug-likeness (QED) is 0.862. The summed E-state index contributed by atoms with van der Waals surface area (Å²) in [4.78, 5) is 25.2. The number of amides is 1. The van der Waals surface area contributed by atoms with E-state index in [0.29, 0.717) is 11.8 Å².